The predicted molar refractivity (Wildman–Crippen MR) is 177 cm³/mol. The van der Waals surface area contributed by atoms with Crippen LogP contribution in [0.2, 0.25) is 0 Å². The molecule has 258 valence electrons. The standard InChI is InChI=1S/C36H45N3O9/c1-3-45-36-28(10-16-43-18-19-44-17-15-40)29(30-23-39(25(2)41)31-7-5-4-6-27(30)31)21-34(48-36)35(42)38-13-11-37(12-14-38)22-26-8-9-32-33(20-26)47-24-46-32/h4-9,20-21,23,28-29,36,40H,3,10-19,22,24H2,1-2H3/t28-,29-,36+/m1/s1. The number of aromatic nitrogens is 1. The summed E-state index contributed by atoms with van der Waals surface area (Å²) in [5.74, 6) is 1.07. The number of fused-ring (bicyclic) bond motifs is 2. The monoisotopic (exact) mass is 663 g/mol. The first-order valence-electron chi connectivity index (χ1n) is 16.7. The molecule has 4 heterocycles. The molecule has 3 aliphatic heterocycles. The molecule has 0 radical (unpaired) electrons. The van der Waals surface area contributed by atoms with Crippen molar-refractivity contribution in [3.63, 3.8) is 0 Å². The van der Waals surface area contributed by atoms with Gasteiger partial charge in [-0.25, -0.2) is 0 Å². The van der Waals surface area contributed by atoms with Gasteiger partial charge in [0.05, 0.1) is 31.9 Å². The van der Waals surface area contributed by atoms with E-state index in [2.05, 4.69) is 11.0 Å². The van der Waals surface area contributed by atoms with Crippen LogP contribution in [-0.4, -0.2) is 110 Å². The lowest BCUT2D eigenvalue weighted by molar-refractivity contribution is -0.172. The number of hydrogen-bond donors (Lipinski definition) is 1. The van der Waals surface area contributed by atoms with Crippen LogP contribution in [0, 0.1) is 5.92 Å². The van der Waals surface area contributed by atoms with Gasteiger partial charge in [-0.1, -0.05) is 24.3 Å². The molecule has 3 atom stereocenters. The van der Waals surface area contributed by atoms with Gasteiger partial charge >= 0.3 is 0 Å². The summed E-state index contributed by atoms with van der Waals surface area (Å²) in [6.07, 6.45) is 3.70. The second-order valence-corrected chi connectivity index (χ2v) is 12.1. The molecule has 0 spiro atoms. The Bertz CT molecular complexity index is 1600. The van der Waals surface area contributed by atoms with Crippen LogP contribution in [0.25, 0.3) is 10.9 Å². The van der Waals surface area contributed by atoms with Crippen LogP contribution in [0.4, 0.5) is 0 Å². The van der Waals surface area contributed by atoms with Gasteiger partial charge in [-0.05, 0) is 48.7 Å². The van der Waals surface area contributed by atoms with E-state index in [1.807, 2.05) is 60.5 Å². The summed E-state index contributed by atoms with van der Waals surface area (Å²) in [6.45, 7) is 8.86. The number of amides is 1. The van der Waals surface area contributed by atoms with Crippen LogP contribution >= 0.6 is 0 Å². The Kier molecular flexibility index (Phi) is 11.3. The van der Waals surface area contributed by atoms with Crippen molar-refractivity contribution in [1.82, 2.24) is 14.4 Å². The van der Waals surface area contributed by atoms with E-state index < -0.39 is 6.29 Å². The molecule has 3 aromatic rings. The maximum Gasteiger partial charge on any atom is 0.288 e. The number of carbonyl (C=O) groups is 2. The summed E-state index contributed by atoms with van der Waals surface area (Å²) >= 11 is 0. The van der Waals surface area contributed by atoms with Gasteiger partial charge in [-0.15, -0.1) is 0 Å². The molecule has 0 unspecified atom stereocenters. The third-order valence-electron chi connectivity index (χ3n) is 9.07. The topological polar surface area (TPSA) is 121 Å². The minimum absolute atomic E-state index is 0.0325. The van der Waals surface area contributed by atoms with E-state index in [-0.39, 0.29) is 49.4 Å². The van der Waals surface area contributed by atoms with Crippen molar-refractivity contribution in [2.24, 2.45) is 5.92 Å². The smallest absolute Gasteiger partial charge is 0.288 e. The molecule has 1 N–H and O–H groups in total. The number of rotatable bonds is 14. The SMILES string of the molecule is CCO[C@H]1OC(C(=O)N2CCN(Cc3ccc4c(c3)OCO4)CC2)=C[C@@H](c2cn(C(C)=O)c3ccccc23)[C@H]1CCOCCOCCO. The summed E-state index contributed by atoms with van der Waals surface area (Å²) in [5.41, 5.74) is 2.89. The quantitative estimate of drug-likeness (QED) is 0.255. The first-order valence-corrected chi connectivity index (χ1v) is 16.7. The highest BCUT2D eigenvalue weighted by molar-refractivity contribution is 5.95. The molecule has 2 aromatic carbocycles. The predicted octanol–water partition coefficient (Wildman–Crippen LogP) is 3.77. The van der Waals surface area contributed by atoms with Gasteiger partial charge in [0.2, 0.25) is 19.0 Å². The summed E-state index contributed by atoms with van der Waals surface area (Å²) in [6, 6.07) is 13.8. The van der Waals surface area contributed by atoms with Crippen molar-refractivity contribution >= 4 is 22.7 Å². The molecular weight excluding hydrogens is 618 g/mol. The summed E-state index contributed by atoms with van der Waals surface area (Å²) in [4.78, 5) is 30.9. The number of piperazine rings is 1. The number of carbonyl (C=O) groups excluding carboxylic acids is 2. The molecule has 1 saturated heterocycles. The maximum absolute atomic E-state index is 14.1. The third-order valence-corrected chi connectivity index (χ3v) is 9.07. The Morgan fingerprint density at radius 1 is 0.958 bits per heavy atom. The van der Waals surface area contributed by atoms with Crippen LogP contribution in [0.5, 0.6) is 11.5 Å². The van der Waals surface area contributed by atoms with Crippen LogP contribution < -0.4 is 9.47 Å². The average Bonchev–Trinajstić information content (AvgIpc) is 3.73. The van der Waals surface area contributed by atoms with Gasteiger partial charge in [0, 0.05) is 76.3 Å². The Labute approximate surface area is 280 Å². The third kappa shape index (κ3) is 7.68. The zero-order chi connectivity index (χ0) is 33.5. The number of ether oxygens (including phenoxy) is 6. The molecule has 1 fully saturated rings. The fourth-order valence-corrected chi connectivity index (χ4v) is 6.69. The summed E-state index contributed by atoms with van der Waals surface area (Å²) in [5, 5.41) is 9.89. The van der Waals surface area contributed by atoms with Gasteiger partial charge in [0.1, 0.15) is 0 Å². The molecule has 3 aliphatic rings. The molecule has 6 rings (SSSR count). The Balaban J connectivity index is 1.20. The number of allylic oxidation sites excluding steroid dienone is 1. The fourth-order valence-electron chi connectivity index (χ4n) is 6.69. The van der Waals surface area contributed by atoms with Crippen molar-refractivity contribution in [2.75, 3.05) is 72.6 Å². The Morgan fingerprint density at radius 2 is 1.73 bits per heavy atom. The minimum Gasteiger partial charge on any atom is -0.459 e. The molecular formula is C36H45N3O9. The minimum atomic E-state index is -0.690. The molecule has 0 saturated carbocycles. The molecule has 12 nitrogen and oxygen atoms in total. The maximum atomic E-state index is 14.1. The number of hydrogen-bond acceptors (Lipinski definition) is 10. The first kappa shape index (κ1) is 33.9. The number of aliphatic hydroxyl groups is 1. The van der Waals surface area contributed by atoms with Gasteiger partial charge in [-0.3, -0.25) is 19.1 Å². The van der Waals surface area contributed by atoms with E-state index in [0.29, 0.717) is 45.9 Å². The average molecular weight is 664 g/mol. The van der Waals surface area contributed by atoms with Crippen LogP contribution in [0.3, 0.4) is 0 Å². The number of benzene rings is 2. The van der Waals surface area contributed by atoms with Crippen molar-refractivity contribution in [2.45, 2.75) is 39.0 Å². The van der Waals surface area contributed by atoms with Crippen LogP contribution in [0.1, 0.15) is 42.1 Å². The largest absolute Gasteiger partial charge is 0.459 e. The number of aliphatic hydroxyl groups excluding tert-OH is 1. The highest BCUT2D eigenvalue weighted by Crippen LogP contribution is 2.42. The summed E-state index contributed by atoms with van der Waals surface area (Å²) in [7, 11) is 0. The highest BCUT2D eigenvalue weighted by atomic mass is 16.7. The number of nitrogens with zero attached hydrogens (tertiary/aromatic N) is 3. The molecule has 48 heavy (non-hydrogen) atoms. The van der Waals surface area contributed by atoms with Gasteiger partial charge in [0.25, 0.3) is 5.91 Å². The van der Waals surface area contributed by atoms with E-state index >= 15 is 0 Å². The molecule has 0 bridgehead atoms. The second kappa shape index (κ2) is 16.0. The van der Waals surface area contributed by atoms with E-state index in [9.17, 15) is 9.59 Å². The van der Waals surface area contributed by atoms with Crippen molar-refractivity contribution in [1.29, 1.82) is 0 Å². The van der Waals surface area contributed by atoms with Crippen LogP contribution in [0.15, 0.2) is 60.5 Å². The highest BCUT2D eigenvalue weighted by Gasteiger charge is 2.40. The number of para-hydroxylation sites is 1. The van der Waals surface area contributed by atoms with E-state index in [4.69, 9.17) is 33.5 Å². The molecule has 12 heteroatoms. The summed E-state index contributed by atoms with van der Waals surface area (Å²) < 4.78 is 36.4. The lowest BCUT2D eigenvalue weighted by Gasteiger charge is -2.39. The van der Waals surface area contributed by atoms with E-state index in [0.717, 1.165) is 53.2 Å². The lowest BCUT2D eigenvalue weighted by Crippen LogP contribution is -2.50. The Hall–Kier alpha value is -3.94. The molecule has 1 amide bonds. The van der Waals surface area contributed by atoms with Gasteiger partial charge in [0.15, 0.2) is 17.3 Å². The zero-order valence-electron chi connectivity index (χ0n) is 27.7. The Morgan fingerprint density at radius 3 is 2.50 bits per heavy atom. The fraction of sp³-hybridized carbons (Fsp3) is 0.500. The van der Waals surface area contributed by atoms with Crippen molar-refractivity contribution < 1.29 is 43.1 Å². The second-order valence-electron chi connectivity index (χ2n) is 12.1. The lowest BCUT2D eigenvalue weighted by atomic mass is 9.81. The van der Waals surface area contributed by atoms with E-state index in [1.54, 1.807) is 11.5 Å². The zero-order valence-corrected chi connectivity index (χ0v) is 27.7. The molecule has 1 aromatic heterocycles. The van der Waals surface area contributed by atoms with Gasteiger partial charge in [-0.2, -0.15) is 0 Å². The first-order chi connectivity index (χ1) is 23.5. The van der Waals surface area contributed by atoms with E-state index in [1.165, 1.54) is 0 Å². The van der Waals surface area contributed by atoms with Crippen molar-refractivity contribution in [3.05, 3.63) is 71.6 Å². The molecule has 0 aliphatic carbocycles. The van der Waals surface area contributed by atoms with Crippen molar-refractivity contribution in [3.8, 4) is 11.5 Å². The van der Waals surface area contributed by atoms with Crippen LogP contribution in [-0.2, 0) is 30.3 Å². The normalized spacial score (nSPS) is 20.9. The van der Waals surface area contributed by atoms with Gasteiger partial charge < -0.3 is 38.4 Å².